The van der Waals surface area contributed by atoms with E-state index in [-0.39, 0.29) is 12.5 Å². The van der Waals surface area contributed by atoms with Crippen LogP contribution in [0.15, 0.2) is 60.8 Å². The molecule has 8 heteroatoms. The number of rotatable bonds is 6. The van der Waals surface area contributed by atoms with E-state index >= 15 is 0 Å². The Hall–Kier alpha value is -3.68. The number of halogens is 3. The monoisotopic (exact) mass is 466 g/mol. The lowest BCUT2D eigenvalue weighted by molar-refractivity contribution is -0.141. The first-order valence-electron chi connectivity index (χ1n) is 10.9. The van der Waals surface area contributed by atoms with Gasteiger partial charge in [0.1, 0.15) is 18.1 Å². The summed E-state index contributed by atoms with van der Waals surface area (Å²) in [4.78, 5) is 23.3. The first kappa shape index (κ1) is 23.5. The highest BCUT2D eigenvalue weighted by atomic mass is 19.4. The number of aryl methyl sites for hydroxylation is 3. The SMILES string of the molecule is Cc1ccc(N(CCc2ccc(C(F)(F)F)nc2)C(=O)Cn2c(C)nc3ccccc32)cc1C. The van der Waals surface area contributed by atoms with Gasteiger partial charge >= 0.3 is 6.18 Å². The van der Waals surface area contributed by atoms with Gasteiger partial charge in [-0.25, -0.2) is 4.98 Å². The van der Waals surface area contributed by atoms with Gasteiger partial charge in [0.25, 0.3) is 0 Å². The van der Waals surface area contributed by atoms with Crippen LogP contribution in [-0.4, -0.2) is 27.0 Å². The molecular weight excluding hydrogens is 441 g/mol. The molecule has 4 aromatic rings. The minimum Gasteiger partial charge on any atom is -0.319 e. The molecule has 0 aliphatic carbocycles. The smallest absolute Gasteiger partial charge is 0.319 e. The zero-order valence-corrected chi connectivity index (χ0v) is 19.2. The third-order valence-electron chi connectivity index (χ3n) is 5.98. The molecule has 2 aromatic heterocycles. The summed E-state index contributed by atoms with van der Waals surface area (Å²) in [5, 5.41) is 0. The van der Waals surface area contributed by atoms with Gasteiger partial charge in [-0.15, -0.1) is 0 Å². The highest BCUT2D eigenvalue weighted by Crippen LogP contribution is 2.27. The molecule has 5 nitrogen and oxygen atoms in total. The van der Waals surface area contributed by atoms with Gasteiger partial charge in [-0.2, -0.15) is 13.2 Å². The third kappa shape index (κ3) is 4.95. The number of fused-ring (bicyclic) bond motifs is 1. The summed E-state index contributed by atoms with van der Waals surface area (Å²) in [6.45, 7) is 6.25. The Kier molecular flexibility index (Phi) is 6.41. The van der Waals surface area contributed by atoms with E-state index in [1.54, 1.807) is 4.90 Å². The summed E-state index contributed by atoms with van der Waals surface area (Å²) in [5.41, 5.74) is 4.30. The average Bonchev–Trinajstić information content (AvgIpc) is 3.11. The first-order valence-corrected chi connectivity index (χ1v) is 10.9. The lowest BCUT2D eigenvalue weighted by Gasteiger charge is -2.24. The normalized spacial score (nSPS) is 11.7. The van der Waals surface area contributed by atoms with E-state index in [9.17, 15) is 18.0 Å². The number of nitrogens with zero attached hydrogens (tertiary/aromatic N) is 4. The fourth-order valence-electron chi connectivity index (χ4n) is 3.89. The Morgan fingerprint density at radius 1 is 1.00 bits per heavy atom. The zero-order valence-electron chi connectivity index (χ0n) is 19.2. The standard InChI is InChI=1S/C26H25F3N4O/c1-17-8-10-21(14-18(17)2)32(13-12-20-9-11-24(30-15-20)26(27,28)29)25(34)16-33-19(3)31-22-6-4-5-7-23(22)33/h4-11,14-15H,12-13,16H2,1-3H3. The Balaban J connectivity index is 1.60. The maximum absolute atomic E-state index is 13.5. The van der Waals surface area contributed by atoms with E-state index in [4.69, 9.17) is 0 Å². The second-order valence-corrected chi connectivity index (χ2v) is 8.35. The predicted molar refractivity (Wildman–Crippen MR) is 126 cm³/mol. The van der Waals surface area contributed by atoms with Crippen molar-refractivity contribution >= 4 is 22.6 Å². The van der Waals surface area contributed by atoms with Crippen molar-refractivity contribution in [2.45, 2.75) is 39.9 Å². The largest absolute Gasteiger partial charge is 0.433 e. The summed E-state index contributed by atoms with van der Waals surface area (Å²) in [5.74, 6) is 0.607. The van der Waals surface area contributed by atoms with Gasteiger partial charge in [0, 0.05) is 18.4 Å². The molecule has 4 rings (SSSR count). The number of hydrogen-bond acceptors (Lipinski definition) is 3. The maximum atomic E-state index is 13.5. The molecule has 0 N–H and O–H groups in total. The number of amides is 1. The van der Waals surface area contributed by atoms with Crippen molar-refractivity contribution < 1.29 is 18.0 Å². The molecule has 0 unspecified atom stereocenters. The quantitative estimate of drug-likeness (QED) is 0.369. The molecule has 0 saturated carbocycles. The molecule has 34 heavy (non-hydrogen) atoms. The molecule has 2 heterocycles. The lowest BCUT2D eigenvalue weighted by atomic mass is 10.1. The van der Waals surface area contributed by atoms with Crippen molar-refractivity contribution in [3.05, 3.63) is 89.0 Å². The van der Waals surface area contributed by atoms with Gasteiger partial charge in [-0.1, -0.05) is 24.3 Å². The van der Waals surface area contributed by atoms with Gasteiger partial charge in [-0.05, 0) is 74.2 Å². The van der Waals surface area contributed by atoms with Crippen LogP contribution in [0.3, 0.4) is 0 Å². The van der Waals surface area contributed by atoms with Gasteiger partial charge in [0.2, 0.25) is 5.91 Å². The topological polar surface area (TPSA) is 51.0 Å². The number of hydrogen-bond donors (Lipinski definition) is 0. The summed E-state index contributed by atoms with van der Waals surface area (Å²) < 4.78 is 40.4. The molecule has 0 saturated heterocycles. The number of imidazole rings is 1. The van der Waals surface area contributed by atoms with E-state index in [1.807, 2.05) is 67.8 Å². The molecule has 0 radical (unpaired) electrons. The molecule has 0 spiro atoms. The van der Waals surface area contributed by atoms with Gasteiger partial charge in [0.05, 0.1) is 11.0 Å². The molecule has 1 amide bonds. The van der Waals surface area contributed by atoms with E-state index < -0.39 is 11.9 Å². The lowest BCUT2D eigenvalue weighted by Crippen LogP contribution is -2.36. The van der Waals surface area contributed by atoms with Crippen molar-refractivity contribution in [2.75, 3.05) is 11.4 Å². The number of alkyl halides is 3. The van der Waals surface area contributed by atoms with Crippen molar-refractivity contribution in [1.29, 1.82) is 0 Å². The summed E-state index contributed by atoms with van der Waals surface area (Å²) in [6, 6.07) is 15.8. The minimum atomic E-state index is -4.48. The minimum absolute atomic E-state index is 0.102. The molecule has 0 fully saturated rings. The number of aromatic nitrogens is 3. The second kappa shape index (κ2) is 9.29. The molecule has 2 aromatic carbocycles. The maximum Gasteiger partial charge on any atom is 0.433 e. The molecule has 0 bridgehead atoms. The van der Waals surface area contributed by atoms with E-state index in [2.05, 4.69) is 9.97 Å². The average molecular weight is 467 g/mol. The molecule has 0 atom stereocenters. The highest BCUT2D eigenvalue weighted by molar-refractivity contribution is 5.94. The third-order valence-corrected chi connectivity index (χ3v) is 5.98. The number of benzene rings is 2. The van der Waals surface area contributed by atoms with Crippen LogP contribution in [0.4, 0.5) is 18.9 Å². The number of para-hydroxylation sites is 2. The first-order chi connectivity index (χ1) is 16.1. The van der Waals surface area contributed by atoms with Gasteiger partial charge < -0.3 is 9.47 Å². The fourth-order valence-corrected chi connectivity index (χ4v) is 3.89. The molecule has 176 valence electrons. The van der Waals surface area contributed by atoms with Gasteiger partial charge in [0.15, 0.2) is 0 Å². The van der Waals surface area contributed by atoms with Crippen LogP contribution in [0.25, 0.3) is 11.0 Å². The number of carbonyl (C=O) groups excluding carboxylic acids is 1. The molecular formula is C26H25F3N4O. The highest BCUT2D eigenvalue weighted by Gasteiger charge is 2.32. The number of anilines is 1. The summed E-state index contributed by atoms with van der Waals surface area (Å²) in [7, 11) is 0. The van der Waals surface area contributed by atoms with E-state index in [0.29, 0.717) is 18.5 Å². The number of carbonyl (C=O) groups is 1. The van der Waals surface area contributed by atoms with Crippen LogP contribution in [0.5, 0.6) is 0 Å². The van der Waals surface area contributed by atoms with Crippen LogP contribution >= 0.6 is 0 Å². The van der Waals surface area contributed by atoms with Gasteiger partial charge in [-0.3, -0.25) is 9.78 Å². The Morgan fingerprint density at radius 3 is 2.44 bits per heavy atom. The van der Waals surface area contributed by atoms with Crippen LogP contribution in [-0.2, 0) is 23.9 Å². The predicted octanol–water partition coefficient (Wildman–Crippen LogP) is 5.65. The summed E-state index contributed by atoms with van der Waals surface area (Å²) >= 11 is 0. The Labute approximate surface area is 195 Å². The van der Waals surface area contributed by atoms with E-state index in [0.717, 1.165) is 39.7 Å². The van der Waals surface area contributed by atoms with Crippen molar-refractivity contribution in [1.82, 2.24) is 14.5 Å². The second-order valence-electron chi connectivity index (χ2n) is 8.35. The number of pyridine rings is 1. The van der Waals surface area contributed by atoms with Crippen LogP contribution in [0, 0.1) is 20.8 Å². The summed E-state index contributed by atoms with van der Waals surface area (Å²) in [6.07, 6.45) is -2.89. The van der Waals surface area contributed by atoms with Crippen molar-refractivity contribution in [3.63, 3.8) is 0 Å². The molecule has 0 aliphatic rings. The van der Waals surface area contributed by atoms with Crippen LogP contribution in [0.2, 0.25) is 0 Å². The van der Waals surface area contributed by atoms with Crippen molar-refractivity contribution in [2.24, 2.45) is 0 Å². The van der Waals surface area contributed by atoms with Crippen LogP contribution < -0.4 is 4.90 Å². The Bertz CT molecular complexity index is 1330. The molecule has 0 aliphatic heterocycles. The Morgan fingerprint density at radius 2 is 1.76 bits per heavy atom. The van der Waals surface area contributed by atoms with E-state index in [1.165, 1.54) is 12.3 Å². The van der Waals surface area contributed by atoms with Crippen LogP contribution in [0.1, 0.15) is 28.2 Å². The zero-order chi connectivity index (χ0) is 24.5. The van der Waals surface area contributed by atoms with Crippen molar-refractivity contribution in [3.8, 4) is 0 Å². The fraction of sp³-hybridized carbons (Fsp3) is 0.269.